The van der Waals surface area contributed by atoms with Gasteiger partial charge >= 0.3 is 0 Å². The Kier molecular flexibility index (Phi) is 4.71. The smallest absolute Gasteiger partial charge is 0.224 e. The predicted molar refractivity (Wildman–Crippen MR) is 111 cm³/mol. The summed E-state index contributed by atoms with van der Waals surface area (Å²) in [7, 11) is 0. The van der Waals surface area contributed by atoms with Crippen LogP contribution in [0.3, 0.4) is 0 Å². The number of fused-ring (bicyclic) bond motifs is 1. The molecule has 3 heterocycles. The number of aromatic nitrogens is 4. The summed E-state index contributed by atoms with van der Waals surface area (Å²) in [6.45, 7) is 0.788. The third-order valence-electron chi connectivity index (χ3n) is 5.48. The second-order valence-electron chi connectivity index (χ2n) is 7.74. The zero-order chi connectivity index (χ0) is 24.9. The number of rotatable bonds is 5. The predicted octanol–water partition coefficient (Wildman–Crippen LogP) is 3.66. The molecule has 1 aromatic carbocycles. The Labute approximate surface area is 186 Å². The molecule has 3 aromatic rings. The van der Waals surface area contributed by atoms with Gasteiger partial charge in [0.25, 0.3) is 0 Å². The van der Waals surface area contributed by atoms with E-state index < -0.39 is 48.1 Å². The molecule has 0 bridgehead atoms. The first-order valence-electron chi connectivity index (χ1n) is 11.8. The van der Waals surface area contributed by atoms with Crippen LogP contribution in [0.25, 0.3) is 11.2 Å². The Bertz CT molecular complexity index is 1230. The van der Waals surface area contributed by atoms with Gasteiger partial charge in [-0.1, -0.05) is 0 Å². The van der Waals surface area contributed by atoms with Crippen molar-refractivity contribution in [1.82, 2.24) is 19.5 Å². The molecule has 1 aliphatic heterocycles. The molecule has 4 unspecified atom stereocenters. The van der Waals surface area contributed by atoms with Gasteiger partial charge in [0.05, 0.1) is 24.9 Å². The van der Waals surface area contributed by atoms with Gasteiger partial charge in [-0.15, -0.1) is 0 Å². The number of hydrogen-bond acceptors (Lipinski definition) is 7. The molecule has 3 N–H and O–H groups in total. The highest BCUT2D eigenvalue weighted by Gasteiger charge is 2.27. The summed E-state index contributed by atoms with van der Waals surface area (Å²) in [5.74, 6) is -3.09. The zero-order valence-electron chi connectivity index (χ0n) is 19.9. The average Bonchev–Trinajstić information content (AvgIpc) is 3.41. The standard InChI is InChI=1S/C21H23F3N6O2/c22-11-7-15(23)18(16(24)8-11)28-21-27-17-9-25-20(26-12-1-3-14(31)4-2-12)29-19(17)30(21)13-5-6-32-10-13/h7-9,12-14,31H,1-6,10H2,(H,27,28)(H,25,26,29)/i1D,4D2. The lowest BCUT2D eigenvalue weighted by Gasteiger charge is -2.26. The third-order valence-corrected chi connectivity index (χ3v) is 5.48. The topological polar surface area (TPSA) is 97.1 Å². The fraction of sp³-hybridized carbons (Fsp3) is 0.476. The molecule has 170 valence electrons. The molecule has 1 aliphatic carbocycles. The minimum atomic E-state index is -1.86. The van der Waals surface area contributed by atoms with E-state index >= 15 is 0 Å². The second-order valence-corrected chi connectivity index (χ2v) is 7.74. The number of benzene rings is 1. The van der Waals surface area contributed by atoms with Crippen LogP contribution in [0.1, 0.15) is 42.2 Å². The maximum Gasteiger partial charge on any atom is 0.224 e. The summed E-state index contributed by atoms with van der Waals surface area (Å²) in [4.78, 5) is 13.1. The van der Waals surface area contributed by atoms with Crippen LogP contribution in [0.4, 0.5) is 30.8 Å². The number of anilines is 3. The summed E-state index contributed by atoms with van der Waals surface area (Å²) in [6, 6.07) is 0.239. The van der Waals surface area contributed by atoms with Crippen molar-refractivity contribution in [2.75, 3.05) is 23.8 Å². The summed E-state index contributed by atoms with van der Waals surface area (Å²) in [6.07, 6.45) is -1.99. The van der Waals surface area contributed by atoms with Crippen molar-refractivity contribution in [1.29, 1.82) is 0 Å². The van der Waals surface area contributed by atoms with E-state index in [2.05, 4.69) is 25.6 Å². The largest absolute Gasteiger partial charge is 0.393 e. The van der Waals surface area contributed by atoms with Crippen LogP contribution in [0.5, 0.6) is 0 Å². The van der Waals surface area contributed by atoms with Gasteiger partial charge in [0.15, 0.2) is 17.3 Å². The number of ether oxygens (including phenoxy) is 1. The highest BCUT2D eigenvalue weighted by Crippen LogP contribution is 2.32. The van der Waals surface area contributed by atoms with Crippen molar-refractivity contribution in [3.63, 3.8) is 0 Å². The molecule has 4 atom stereocenters. The summed E-state index contributed by atoms with van der Waals surface area (Å²) in [5, 5.41) is 15.5. The lowest BCUT2D eigenvalue weighted by molar-refractivity contribution is 0.126. The van der Waals surface area contributed by atoms with Gasteiger partial charge < -0.3 is 20.5 Å². The van der Waals surface area contributed by atoms with Gasteiger partial charge in [-0.2, -0.15) is 4.98 Å². The highest BCUT2D eigenvalue weighted by atomic mass is 19.1. The molecule has 32 heavy (non-hydrogen) atoms. The molecule has 1 saturated carbocycles. The Morgan fingerprint density at radius 1 is 1.16 bits per heavy atom. The first-order chi connectivity index (χ1) is 16.6. The number of nitrogens with zero attached hydrogens (tertiary/aromatic N) is 4. The van der Waals surface area contributed by atoms with E-state index in [-0.39, 0.29) is 30.8 Å². The highest BCUT2D eigenvalue weighted by molar-refractivity contribution is 5.76. The van der Waals surface area contributed by atoms with E-state index in [0.29, 0.717) is 42.9 Å². The number of aliphatic hydroxyl groups excluding tert-OH is 1. The fourth-order valence-corrected chi connectivity index (χ4v) is 3.89. The maximum atomic E-state index is 14.3. The van der Waals surface area contributed by atoms with Crippen LogP contribution < -0.4 is 10.6 Å². The van der Waals surface area contributed by atoms with Crippen molar-refractivity contribution >= 4 is 28.7 Å². The lowest BCUT2D eigenvalue weighted by Crippen LogP contribution is -2.29. The number of halogens is 3. The van der Waals surface area contributed by atoms with Crippen LogP contribution >= 0.6 is 0 Å². The molecule has 11 heteroatoms. The Morgan fingerprint density at radius 2 is 1.97 bits per heavy atom. The van der Waals surface area contributed by atoms with Gasteiger partial charge in [-0.05, 0) is 32.0 Å². The molecule has 0 spiro atoms. The van der Waals surface area contributed by atoms with Crippen LogP contribution in [0.15, 0.2) is 18.3 Å². The third kappa shape index (κ3) is 4.09. The summed E-state index contributed by atoms with van der Waals surface area (Å²) >= 11 is 0. The van der Waals surface area contributed by atoms with Crippen molar-refractivity contribution in [3.8, 4) is 0 Å². The molecule has 5 rings (SSSR count). The Morgan fingerprint density at radius 3 is 2.72 bits per heavy atom. The molecule has 2 aromatic heterocycles. The quantitative estimate of drug-likeness (QED) is 0.545. The SMILES string of the molecule is [2H]C1CC(O)C([2H])([2H])CC1Nc1ncc2nc(Nc3c(F)cc(F)cc3F)n(C3CCOC3)c2n1. The molecule has 0 amide bonds. The number of nitrogens with one attached hydrogen (secondary N) is 2. The first-order valence-corrected chi connectivity index (χ1v) is 10.2. The maximum absolute atomic E-state index is 14.3. The van der Waals surface area contributed by atoms with E-state index in [1.165, 1.54) is 6.20 Å². The van der Waals surface area contributed by atoms with Crippen molar-refractivity contribution < 1.29 is 27.1 Å². The van der Waals surface area contributed by atoms with E-state index in [4.69, 9.17) is 8.85 Å². The lowest BCUT2D eigenvalue weighted by atomic mass is 9.93. The Hall–Kier alpha value is -2.92. The van der Waals surface area contributed by atoms with Crippen molar-refractivity contribution in [3.05, 3.63) is 35.8 Å². The molecule has 2 aliphatic rings. The van der Waals surface area contributed by atoms with Crippen molar-refractivity contribution in [2.45, 2.75) is 50.2 Å². The van der Waals surface area contributed by atoms with Crippen LogP contribution in [-0.2, 0) is 4.74 Å². The van der Waals surface area contributed by atoms with E-state index in [1.807, 2.05) is 0 Å². The zero-order valence-corrected chi connectivity index (χ0v) is 16.9. The number of hydrogen-bond donors (Lipinski definition) is 3. The molecular formula is C21H23F3N6O2. The summed E-state index contributed by atoms with van der Waals surface area (Å²) in [5.41, 5.74) is 0.0988. The van der Waals surface area contributed by atoms with E-state index in [0.717, 1.165) is 0 Å². The number of aliphatic hydroxyl groups is 1. The second kappa shape index (κ2) is 8.55. The van der Waals surface area contributed by atoms with Crippen LogP contribution in [-0.4, -0.2) is 50.0 Å². The molecular weight excluding hydrogens is 425 g/mol. The van der Waals surface area contributed by atoms with Gasteiger partial charge in [-0.3, -0.25) is 4.57 Å². The fourth-order valence-electron chi connectivity index (χ4n) is 3.89. The van der Waals surface area contributed by atoms with Gasteiger partial charge in [0, 0.05) is 28.9 Å². The molecule has 0 radical (unpaired) electrons. The summed E-state index contributed by atoms with van der Waals surface area (Å²) < 4.78 is 73.3. The first kappa shape index (κ1) is 17.6. The minimum Gasteiger partial charge on any atom is -0.393 e. The van der Waals surface area contributed by atoms with Crippen LogP contribution in [0, 0.1) is 17.5 Å². The van der Waals surface area contributed by atoms with E-state index in [1.54, 1.807) is 4.57 Å². The van der Waals surface area contributed by atoms with Crippen molar-refractivity contribution in [2.24, 2.45) is 0 Å². The molecule has 1 saturated heterocycles. The molecule has 8 nitrogen and oxygen atoms in total. The van der Waals surface area contributed by atoms with Gasteiger partial charge in [0.1, 0.15) is 17.0 Å². The minimum absolute atomic E-state index is 0.0346. The Balaban J connectivity index is 1.51. The normalized spacial score (nSPS) is 28.8. The van der Waals surface area contributed by atoms with E-state index in [9.17, 15) is 18.3 Å². The number of imidazole rings is 1. The van der Waals surface area contributed by atoms with Crippen LogP contribution in [0.2, 0.25) is 0 Å². The van der Waals surface area contributed by atoms with Gasteiger partial charge in [0.2, 0.25) is 11.9 Å². The van der Waals surface area contributed by atoms with Gasteiger partial charge in [-0.25, -0.2) is 23.1 Å². The molecule has 2 fully saturated rings. The average molecular weight is 451 g/mol. The monoisotopic (exact) mass is 451 g/mol.